The van der Waals surface area contributed by atoms with Crippen molar-refractivity contribution < 1.29 is 13.9 Å². The predicted octanol–water partition coefficient (Wildman–Crippen LogP) is 3.73. The molecule has 1 aromatic heterocycles. The smallest absolute Gasteiger partial charge is 0.268 e. The lowest BCUT2D eigenvalue weighted by molar-refractivity contribution is 0.101. The van der Waals surface area contributed by atoms with Gasteiger partial charge in [-0.25, -0.2) is 4.98 Å². The number of oxazole rings is 1. The van der Waals surface area contributed by atoms with Gasteiger partial charge in [-0.15, -0.1) is 0 Å². The molecular formula is C17H13NO3. The second-order valence-electron chi connectivity index (χ2n) is 4.46. The number of rotatable bonds is 4. The highest BCUT2D eigenvalue weighted by Crippen LogP contribution is 2.17. The van der Waals surface area contributed by atoms with Crippen LogP contribution >= 0.6 is 0 Å². The fraction of sp³-hybridized carbons (Fsp3) is 0.0588. The van der Waals surface area contributed by atoms with Crippen molar-refractivity contribution in [1.82, 2.24) is 4.98 Å². The zero-order chi connectivity index (χ0) is 14.7. The summed E-state index contributed by atoms with van der Waals surface area (Å²) in [5.41, 5.74) is 2.16. The molecular weight excluding hydrogens is 266 g/mol. The van der Waals surface area contributed by atoms with Crippen molar-refractivity contribution in [2.75, 3.05) is 7.11 Å². The van der Waals surface area contributed by atoms with Crippen molar-refractivity contribution in [2.45, 2.75) is 0 Å². The minimum absolute atomic E-state index is 0.0929. The first-order chi connectivity index (χ1) is 10.3. The molecule has 0 saturated heterocycles. The summed E-state index contributed by atoms with van der Waals surface area (Å²) < 4.78 is 10.6. The van der Waals surface area contributed by atoms with Gasteiger partial charge in [-0.1, -0.05) is 30.3 Å². The van der Waals surface area contributed by atoms with E-state index in [0.717, 1.165) is 11.3 Å². The molecule has 0 fully saturated rings. The molecule has 3 aromatic rings. The Morgan fingerprint density at radius 1 is 1.19 bits per heavy atom. The van der Waals surface area contributed by atoms with Crippen molar-refractivity contribution in [3.8, 4) is 5.75 Å². The molecule has 0 aliphatic rings. The Morgan fingerprint density at radius 2 is 2.05 bits per heavy atom. The van der Waals surface area contributed by atoms with Crippen molar-refractivity contribution in [3.05, 3.63) is 66.1 Å². The van der Waals surface area contributed by atoms with Gasteiger partial charge in [-0.05, 0) is 35.9 Å². The lowest BCUT2D eigenvalue weighted by atomic mass is 10.2. The maximum atomic E-state index is 12.1. The molecule has 0 aliphatic heterocycles. The van der Waals surface area contributed by atoms with Gasteiger partial charge in [0.15, 0.2) is 5.58 Å². The molecule has 4 nitrogen and oxygen atoms in total. The molecule has 3 rings (SSSR count). The molecule has 4 heteroatoms. The second kappa shape index (κ2) is 5.63. The molecule has 0 bridgehead atoms. The monoisotopic (exact) mass is 279 g/mol. The normalized spacial score (nSPS) is 11.1. The van der Waals surface area contributed by atoms with Crippen LogP contribution in [0.3, 0.4) is 0 Å². The van der Waals surface area contributed by atoms with Crippen molar-refractivity contribution in [1.29, 1.82) is 0 Å². The van der Waals surface area contributed by atoms with Crippen molar-refractivity contribution in [2.24, 2.45) is 0 Å². The fourth-order valence-corrected chi connectivity index (χ4v) is 1.97. The summed E-state index contributed by atoms with van der Waals surface area (Å²) in [6.07, 6.45) is 3.15. The van der Waals surface area contributed by atoms with Crippen molar-refractivity contribution in [3.63, 3.8) is 0 Å². The van der Waals surface area contributed by atoms with Crippen molar-refractivity contribution >= 4 is 23.0 Å². The van der Waals surface area contributed by atoms with Crippen LogP contribution in [0.25, 0.3) is 17.2 Å². The summed E-state index contributed by atoms with van der Waals surface area (Å²) in [5, 5.41) is 0. The lowest BCUT2D eigenvalue weighted by Gasteiger charge is -1.99. The number of hydrogen-bond acceptors (Lipinski definition) is 4. The van der Waals surface area contributed by atoms with Crippen LogP contribution in [0.1, 0.15) is 16.2 Å². The first kappa shape index (κ1) is 13.1. The number of hydrogen-bond donors (Lipinski definition) is 0. The molecule has 1 heterocycles. The SMILES string of the molecule is COc1cccc(/C=C/C(=O)c2nc3ccccc3o2)c1. The molecule has 0 atom stereocenters. The number of nitrogens with zero attached hydrogens (tertiary/aromatic N) is 1. The van der Waals surface area contributed by atoms with E-state index in [1.165, 1.54) is 6.08 Å². The van der Waals surface area contributed by atoms with Gasteiger partial charge in [0.25, 0.3) is 5.89 Å². The standard InChI is InChI=1S/C17H13NO3/c1-20-13-6-4-5-12(11-13)9-10-15(19)17-18-14-7-2-3-8-16(14)21-17/h2-11H,1H3/b10-9+. The van der Waals surface area contributed by atoms with E-state index in [2.05, 4.69) is 4.98 Å². The Balaban J connectivity index is 1.83. The number of aromatic nitrogens is 1. The summed E-state index contributed by atoms with van der Waals surface area (Å²) in [4.78, 5) is 16.2. The van der Waals surface area contributed by atoms with E-state index in [1.54, 1.807) is 25.3 Å². The van der Waals surface area contributed by atoms with Gasteiger partial charge < -0.3 is 9.15 Å². The molecule has 21 heavy (non-hydrogen) atoms. The zero-order valence-electron chi connectivity index (χ0n) is 11.4. The topological polar surface area (TPSA) is 52.3 Å². The average Bonchev–Trinajstić information content (AvgIpc) is 2.97. The molecule has 0 amide bonds. The Kier molecular flexibility index (Phi) is 3.51. The maximum Gasteiger partial charge on any atom is 0.268 e. The Labute approximate surface area is 121 Å². The number of para-hydroxylation sites is 2. The largest absolute Gasteiger partial charge is 0.497 e. The Morgan fingerprint density at radius 3 is 2.86 bits per heavy atom. The minimum Gasteiger partial charge on any atom is -0.497 e. The van der Waals surface area contributed by atoms with Crippen LogP contribution < -0.4 is 4.74 Å². The third-order valence-electron chi connectivity index (χ3n) is 3.03. The number of ether oxygens (including phenoxy) is 1. The minimum atomic E-state index is -0.269. The fourth-order valence-electron chi connectivity index (χ4n) is 1.97. The molecule has 0 N–H and O–H groups in total. The second-order valence-corrected chi connectivity index (χ2v) is 4.46. The molecule has 0 radical (unpaired) electrons. The summed E-state index contributed by atoms with van der Waals surface area (Å²) in [6.45, 7) is 0. The van der Waals surface area contributed by atoms with Crippen LogP contribution in [0.2, 0.25) is 0 Å². The van der Waals surface area contributed by atoms with E-state index in [1.807, 2.05) is 36.4 Å². The lowest BCUT2D eigenvalue weighted by Crippen LogP contribution is -1.93. The summed E-state index contributed by atoms with van der Waals surface area (Å²) in [7, 11) is 1.60. The molecule has 104 valence electrons. The van der Waals surface area contributed by atoms with Gasteiger partial charge in [0.2, 0.25) is 5.78 Å². The summed E-state index contributed by atoms with van der Waals surface area (Å²) in [6, 6.07) is 14.7. The zero-order valence-corrected chi connectivity index (χ0v) is 11.4. The molecule has 0 saturated carbocycles. The maximum absolute atomic E-state index is 12.1. The summed E-state index contributed by atoms with van der Waals surface area (Å²) in [5.74, 6) is 0.566. The van der Waals surface area contributed by atoms with E-state index in [4.69, 9.17) is 9.15 Å². The number of methoxy groups -OCH3 is 1. The van der Waals surface area contributed by atoms with Crippen LogP contribution in [0.15, 0.2) is 59.0 Å². The van der Waals surface area contributed by atoms with E-state index >= 15 is 0 Å². The Bertz CT molecular complexity index is 785. The van der Waals surface area contributed by atoms with E-state index in [-0.39, 0.29) is 11.7 Å². The summed E-state index contributed by atoms with van der Waals surface area (Å²) >= 11 is 0. The number of fused-ring (bicyclic) bond motifs is 1. The van der Waals surface area contributed by atoms with E-state index in [0.29, 0.717) is 11.1 Å². The number of benzene rings is 2. The molecule has 0 aliphatic carbocycles. The molecule has 0 unspecified atom stereocenters. The third-order valence-corrected chi connectivity index (χ3v) is 3.03. The van der Waals surface area contributed by atoms with Gasteiger partial charge in [-0.2, -0.15) is 0 Å². The average molecular weight is 279 g/mol. The quantitative estimate of drug-likeness (QED) is 0.539. The Hall–Kier alpha value is -2.88. The van der Waals surface area contributed by atoms with E-state index < -0.39 is 0 Å². The number of carbonyl (C=O) groups is 1. The van der Waals surface area contributed by atoms with Crippen LogP contribution in [-0.4, -0.2) is 17.9 Å². The van der Waals surface area contributed by atoms with Crippen LogP contribution in [0, 0.1) is 0 Å². The first-order valence-corrected chi connectivity index (χ1v) is 6.48. The predicted molar refractivity (Wildman–Crippen MR) is 80.4 cm³/mol. The van der Waals surface area contributed by atoms with Crippen LogP contribution in [-0.2, 0) is 0 Å². The van der Waals surface area contributed by atoms with Gasteiger partial charge in [0, 0.05) is 0 Å². The third kappa shape index (κ3) is 2.84. The highest BCUT2D eigenvalue weighted by molar-refractivity contribution is 6.04. The van der Waals surface area contributed by atoms with Crippen LogP contribution in [0.4, 0.5) is 0 Å². The van der Waals surface area contributed by atoms with Gasteiger partial charge in [0.05, 0.1) is 7.11 Å². The van der Waals surface area contributed by atoms with Gasteiger partial charge in [0.1, 0.15) is 11.3 Å². The highest BCUT2D eigenvalue weighted by atomic mass is 16.5. The van der Waals surface area contributed by atoms with Gasteiger partial charge >= 0.3 is 0 Å². The van der Waals surface area contributed by atoms with E-state index in [9.17, 15) is 4.79 Å². The highest BCUT2D eigenvalue weighted by Gasteiger charge is 2.10. The first-order valence-electron chi connectivity index (χ1n) is 6.48. The number of allylic oxidation sites excluding steroid dienone is 1. The molecule has 0 spiro atoms. The number of carbonyl (C=O) groups excluding carboxylic acids is 1. The van der Waals surface area contributed by atoms with Crippen LogP contribution in [0.5, 0.6) is 5.75 Å². The number of ketones is 1. The molecule has 2 aromatic carbocycles. The van der Waals surface area contributed by atoms with Gasteiger partial charge in [-0.3, -0.25) is 4.79 Å².